The van der Waals surface area contributed by atoms with Crippen LogP contribution in [0.4, 0.5) is 0 Å². The maximum atomic E-state index is 5.05. The number of furan rings is 1. The van der Waals surface area contributed by atoms with Crippen LogP contribution in [-0.2, 0) is 4.84 Å². The summed E-state index contributed by atoms with van der Waals surface area (Å²) in [5.74, 6) is 0.701. The second-order valence-corrected chi connectivity index (χ2v) is 1.93. The van der Waals surface area contributed by atoms with E-state index in [2.05, 4.69) is 16.6 Å². The Bertz CT molecular complexity index is 249. The van der Waals surface area contributed by atoms with Gasteiger partial charge < -0.3 is 9.25 Å². The normalized spacial score (nSPS) is 11.2. The molecule has 1 heterocycles. The molecule has 0 aliphatic rings. The van der Waals surface area contributed by atoms with Crippen LogP contribution in [0.15, 0.2) is 40.8 Å². The van der Waals surface area contributed by atoms with Gasteiger partial charge in [0.1, 0.15) is 12.0 Å². The van der Waals surface area contributed by atoms with Gasteiger partial charge in [-0.3, -0.25) is 0 Å². The number of hydrogen-bond donors (Lipinski definition) is 0. The molecule has 11 heavy (non-hydrogen) atoms. The maximum Gasteiger partial charge on any atom is 0.151 e. The lowest BCUT2D eigenvalue weighted by Gasteiger charge is -1.92. The van der Waals surface area contributed by atoms with Crippen molar-refractivity contribution in [2.45, 2.75) is 6.92 Å². The van der Waals surface area contributed by atoms with Gasteiger partial charge in [-0.05, 0) is 19.1 Å². The van der Waals surface area contributed by atoms with Gasteiger partial charge in [0.25, 0.3) is 0 Å². The molecule has 0 spiro atoms. The lowest BCUT2D eigenvalue weighted by Crippen LogP contribution is -1.91. The average molecular weight is 151 g/mol. The molecule has 0 radical (unpaired) electrons. The van der Waals surface area contributed by atoms with E-state index < -0.39 is 0 Å². The Hall–Kier alpha value is -1.51. The summed E-state index contributed by atoms with van der Waals surface area (Å²) < 4.78 is 5.05. The van der Waals surface area contributed by atoms with Crippen molar-refractivity contribution in [2.75, 3.05) is 0 Å². The Labute approximate surface area is 65.0 Å². The summed E-state index contributed by atoms with van der Waals surface area (Å²) in [6.45, 7) is 5.15. The van der Waals surface area contributed by atoms with Crippen molar-refractivity contribution in [3.8, 4) is 0 Å². The maximum absolute atomic E-state index is 5.05. The SMILES string of the molecule is C=CO/N=C(/C)c1ccco1. The smallest absolute Gasteiger partial charge is 0.151 e. The van der Waals surface area contributed by atoms with Gasteiger partial charge in [-0.15, -0.1) is 0 Å². The van der Waals surface area contributed by atoms with Crippen LogP contribution in [0.1, 0.15) is 12.7 Å². The fraction of sp³-hybridized carbons (Fsp3) is 0.125. The highest BCUT2D eigenvalue weighted by Crippen LogP contribution is 2.01. The van der Waals surface area contributed by atoms with Crippen LogP contribution < -0.4 is 0 Å². The standard InChI is InChI=1S/C8H9NO2/c1-3-11-9-7(2)8-5-4-6-10-8/h3-6H,1H2,2H3/b9-7-. The molecular weight excluding hydrogens is 142 g/mol. The molecule has 0 aromatic carbocycles. The summed E-state index contributed by atoms with van der Waals surface area (Å²) in [5.41, 5.74) is 0.690. The molecule has 0 bridgehead atoms. The monoisotopic (exact) mass is 151 g/mol. The lowest BCUT2D eigenvalue weighted by molar-refractivity contribution is 0.269. The Balaban J connectivity index is 2.68. The molecule has 1 rings (SSSR count). The van der Waals surface area contributed by atoms with Crippen molar-refractivity contribution < 1.29 is 9.25 Å². The third kappa shape index (κ3) is 1.97. The Morgan fingerprint density at radius 2 is 2.64 bits per heavy atom. The number of nitrogens with zero attached hydrogens (tertiary/aromatic N) is 1. The first-order valence-electron chi connectivity index (χ1n) is 3.20. The van der Waals surface area contributed by atoms with E-state index in [1.807, 2.05) is 6.07 Å². The van der Waals surface area contributed by atoms with Crippen molar-refractivity contribution in [2.24, 2.45) is 5.16 Å². The minimum Gasteiger partial charge on any atom is -0.463 e. The molecule has 58 valence electrons. The quantitative estimate of drug-likeness (QED) is 0.377. The van der Waals surface area contributed by atoms with Gasteiger partial charge in [0.05, 0.1) is 6.26 Å². The van der Waals surface area contributed by atoms with Crippen LogP contribution in [0.3, 0.4) is 0 Å². The first-order chi connectivity index (χ1) is 5.34. The average Bonchev–Trinajstić information content (AvgIpc) is 2.52. The van der Waals surface area contributed by atoms with Gasteiger partial charge >= 0.3 is 0 Å². The summed E-state index contributed by atoms with van der Waals surface area (Å²) >= 11 is 0. The van der Waals surface area contributed by atoms with E-state index in [1.165, 1.54) is 6.26 Å². The summed E-state index contributed by atoms with van der Waals surface area (Å²) in [5, 5.41) is 3.69. The number of oxime groups is 1. The zero-order chi connectivity index (χ0) is 8.10. The predicted molar refractivity (Wildman–Crippen MR) is 42.2 cm³/mol. The van der Waals surface area contributed by atoms with E-state index in [-0.39, 0.29) is 0 Å². The van der Waals surface area contributed by atoms with E-state index in [1.54, 1.807) is 19.3 Å². The minimum absolute atomic E-state index is 0.690. The zero-order valence-electron chi connectivity index (χ0n) is 6.28. The largest absolute Gasteiger partial charge is 0.463 e. The molecular formula is C8H9NO2. The highest BCUT2D eigenvalue weighted by molar-refractivity contribution is 5.95. The van der Waals surface area contributed by atoms with Crippen LogP contribution in [0.2, 0.25) is 0 Å². The molecule has 0 N–H and O–H groups in total. The van der Waals surface area contributed by atoms with E-state index >= 15 is 0 Å². The molecule has 1 aromatic rings. The summed E-state index contributed by atoms with van der Waals surface area (Å²) in [6.07, 6.45) is 2.84. The van der Waals surface area contributed by atoms with Crippen LogP contribution in [0.25, 0.3) is 0 Å². The highest BCUT2D eigenvalue weighted by Gasteiger charge is 1.98. The first-order valence-corrected chi connectivity index (χ1v) is 3.20. The molecule has 1 aromatic heterocycles. The Kier molecular flexibility index (Phi) is 2.49. The van der Waals surface area contributed by atoms with Crippen molar-refractivity contribution in [3.05, 3.63) is 37.0 Å². The Morgan fingerprint density at radius 3 is 3.18 bits per heavy atom. The number of hydrogen-bond acceptors (Lipinski definition) is 3. The molecule has 0 unspecified atom stereocenters. The second-order valence-electron chi connectivity index (χ2n) is 1.93. The van der Waals surface area contributed by atoms with Gasteiger partial charge in [-0.1, -0.05) is 11.7 Å². The first kappa shape index (κ1) is 7.60. The number of rotatable bonds is 3. The van der Waals surface area contributed by atoms with E-state index in [0.29, 0.717) is 11.5 Å². The summed E-state index contributed by atoms with van der Waals surface area (Å²) in [4.78, 5) is 4.61. The molecule has 0 amide bonds. The second kappa shape index (κ2) is 3.61. The molecule has 0 fully saturated rings. The minimum atomic E-state index is 0.690. The third-order valence-electron chi connectivity index (χ3n) is 1.14. The molecule has 0 saturated carbocycles. The van der Waals surface area contributed by atoms with Crippen LogP contribution in [0, 0.1) is 0 Å². The van der Waals surface area contributed by atoms with Crippen molar-refractivity contribution in [3.63, 3.8) is 0 Å². The zero-order valence-corrected chi connectivity index (χ0v) is 6.28. The van der Waals surface area contributed by atoms with Gasteiger partial charge in [0.2, 0.25) is 0 Å². The molecule has 0 aliphatic carbocycles. The molecule has 0 aliphatic heterocycles. The fourth-order valence-electron chi connectivity index (χ4n) is 0.646. The molecule has 0 saturated heterocycles. The van der Waals surface area contributed by atoms with Crippen molar-refractivity contribution in [1.82, 2.24) is 0 Å². The van der Waals surface area contributed by atoms with Crippen molar-refractivity contribution in [1.29, 1.82) is 0 Å². The van der Waals surface area contributed by atoms with E-state index in [4.69, 9.17) is 4.42 Å². The molecule has 3 nitrogen and oxygen atoms in total. The van der Waals surface area contributed by atoms with Gasteiger partial charge in [-0.25, -0.2) is 0 Å². The van der Waals surface area contributed by atoms with Crippen LogP contribution >= 0.6 is 0 Å². The van der Waals surface area contributed by atoms with E-state index in [9.17, 15) is 0 Å². The van der Waals surface area contributed by atoms with Gasteiger partial charge in [-0.2, -0.15) is 0 Å². The Morgan fingerprint density at radius 1 is 1.82 bits per heavy atom. The van der Waals surface area contributed by atoms with E-state index in [0.717, 1.165) is 0 Å². The third-order valence-corrected chi connectivity index (χ3v) is 1.14. The molecule has 3 heteroatoms. The van der Waals surface area contributed by atoms with Gasteiger partial charge in [0, 0.05) is 0 Å². The highest BCUT2D eigenvalue weighted by atomic mass is 16.6. The predicted octanol–water partition coefficient (Wildman–Crippen LogP) is 2.16. The lowest BCUT2D eigenvalue weighted by atomic mass is 10.3. The topological polar surface area (TPSA) is 34.7 Å². The molecule has 0 atom stereocenters. The van der Waals surface area contributed by atoms with Crippen LogP contribution in [0.5, 0.6) is 0 Å². The summed E-state index contributed by atoms with van der Waals surface area (Å²) in [6, 6.07) is 3.60. The van der Waals surface area contributed by atoms with Crippen molar-refractivity contribution >= 4 is 5.71 Å². The summed E-state index contributed by atoms with van der Waals surface area (Å²) in [7, 11) is 0. The van der Waals surface area contributed by atoms with Gasteiger partial charge in [0.15, 0.2) is 5.76 Å². The fourth-order valence-corrected chi connectivity index (χ4v) is 0.646. The van der Waals surface area contributed by atoms with Crippen LogP contribution in [-0.4, -0.2) is 5.71 Å².